The van der Waals surface area contributed by atoms with Crippen molar-refractivity contribution in [2.24, 2.45) is 5.92 Å². The van der Waals surface area contributed by atoms with Gasteiger partial charge in [-0.2, -0.15) is 0 Å². The van der Waals surface area contributed by atoms with Crippen LogP contribution in [-0.4, -0.2) is 35.3 Å². The molecule has 0 unspecified atom stereocenters. The van der Waals surface area contributed by atoms with Crippen molar-refractivity contribution in [3.63, 3.8) is 0 Å². The molecule has 2 N–H and O–H groups in total. The second-order valence-electron chi connectivity index (χ2n) is 6.00. The molecule has 5 nitrogen and oxygen atoms in total. The monoisotopic (exact) mass is 292 g/mol. The van der Waals surface area contributed by atoms with Crippen molar-refractivity contribution in [3.8, 4) is 0 Å². The molecule has 0 atom stereocenters. The number of aliphatic hydroxyl groups is 1. The number of nitrogens with one attached hydrogen (secondary N) is 1. The number of aliphatic hydroxyl groups excluding tert-OH is 1. The molecule has 0 aliphatic heterocycles. The van der Waals surface area contributed by atoms with Crippen molar-refractivity contribution in [2.45, 2.75) is 44.7 Å². The summed E-state index contributed by atoms with van der Waals surface area (Å²) in [6, 6.07) is 3.53. The Bertz CT molecular complexity index is 465. The number of esters is 1. The van der Waals surface area contributed by atoms with Gasteiger partial charge in [0.15, 0.2) is 0 Å². The van der Waals surface area contributed by atoms with Crippen molar-refractivity contribution < 1.29 is 14.6 Å². The zero-order chi connectivity index (χ0) is 15.3. The third-order valence-electron chi connectivity index (χ3n) is 4.42. The first-order chi connectivity index (χ1) is 10.1. The number of carbonyl (C=O) groups is 1. The Morgan fingerprint density at radius 3 is 2.71 bits per heavy atom. The number of methoxy groups -OCH3 is 1. The predicted octanol–water partition coefficient (Wildman–Crippen LogP) is 1.90. The molecule has 0 spiro atoms. The molecule has 116 valence electrons. The SMILES string of the molecule is COC(=O)c1ccc(CNC2(CO)CCC(C)CC2)nc1. The van der Waals surface area contributed by atoms with Crippen LogP contribution in [0, 0.1) is 5.92 Å². The largest absolute Gasteiger partial charge is 0.465 e. The van der Waals surface area contributed by atoms with Crippen LogP contribution in [0.15, 0.2) is 18.3 Å². The van der Waals surface area contributed by atoms with Crippen LogP contribution in [0.2, 0.25) is 0 Å². The lowest BCUT2D eigenvalue weighted by molar-refractivity contribution is 0.0600. The molecule has 0 amide bonds. The highest BCUT2D eigenvalue weighted by atomic mass is 16.5. The quantitative estimate of drug-likeness (QED) is 0.811. The topological polar surface area (TPSA) is 71.5 Å². The molecule has 1 aliphatic carbocycles. The smallest absolute Gasteiger partial charge is 0.339 e. The van der Waals surface area contributed by atoms with E-state index in [9.17, 15) is 9.90 Å². The standard InChI is InChI=1S/C16H24N2O3/c1-12-5-7-16(11-19,8-6-12)18-10-14-4-3-13(9-17-14)15(20)21-2/h3-4,9,12,18-19H,5-8,10-11H2,1-2H3. The van der Waals surface area contributed by atoms with Crippen LogP contribution in [0.3, 0.4) is 0 Å². The fourth-order valence-electron chi connectivity index (χ4n) is 2.75. The Balaban J connectivity index is 1.94. The van der Waals surface area contributed by atoms with Gasteiger partial charge in [-0.1, -0.05) is 6.92 Å². The van der Waals surface area contributed by atoms with Crippen molar-refractivity contribution in [2.75, 3.05) is 13.7 Å². The van der Waals surface area contributed by atoms with Gasteiger partial charge in [-0.05, 0) is 43.7 Å². The number of rotatable bonds is 5. The molecule has 1 aliphatic rings. The predicted molar refractivity (Wildman–Crippen MR) is 79.9 cm³/mol. The van der Waals surface area contributed by atoms with Gasteiger partial charge >= 0.3 is 5.97 Å². The minimum atomic E-state index is -0.380. The maximum Gasteiger partial charge on any atom is 0.339 e. The first kappa shape index (κ1) is 15.9. The second-order valence-corrected chi connectivity index (χ2v) is 6.00. The van der Waals surface area contributed by atoms with E-state index in [4.69, 9.17) is 0 Å². The summed E-state index contributed by atoms with van der Waals surface area (Å²) in [6.07, 6.45) is 5.79. The van der Waals surface area contributed by atoms with E-state index in [-0.39, 0.29) is 18.1 Å². The van der Waals surface area contributed by atoms with Gasteiger partial charge in [-0.15, -0.1) is 0 Å². The summed E-state index contributed by atoms with van der Waals surface area (Å²) in [5.74, 6) is 0.360. The Kier molecular flexibility index (Phi) is 5.31. The van der Waals surface area contributed by atoms with Crippen LogP contribution < -0.4 is 5.32 Å². The molecule has 1 fully saturated rings. The molecule has 0 saturated heterocycles. The van der Waals surface area contributed by atoms with E-state index in [0.717, 1.165) is 37.3 Å². The molecule has 0 radical (unpaired) electrons. The molecular weight excluding hydrogens is 268 g/mol. The van der Waals surface area contributed by atoms with Gasteiger partial charge in [-0.3, -0.25) is 4.98 Å². The Hall–Kier alpha value is -1.46. The lowest BCUT2D eigenvalue weighted by atomic mass is 9.77. The first-order valence-corrected chi connectivity index (χ1v) is 7.48. The van der Waals surface area contributed by atoms with Crippen LogP contribution in [0.5, 0.6) is 0 Å². The van der Waals surface area contributed by atoms with Gasteiger partial charge in [0.1, 0.15) is 0 Å². The van der Waals surface area contributed by atoms with Gasteiger partial charge in [-0.25, -0.2) is 4.79 Å². The molecule has 1 aromatic heterocycles. The van der Waals surface area contributed by atoms with Crippen LogP contribution in [-0.2, 0) is 11.3 Å². The maximum absolute atomic E-state index is 11.3. The van der Waals surface area contributed by atoms with Gasteiger partial charge in [0.05, 0.1) is 25.0 Å². The first-order valence-electron chi connectivity index (χ1n) is 7.48. The Morgan fingerprint density at radius 1 is 1.48 bits per heavy atom. The van der Waals surface area contributed by atoms with Crippen molar-refractivity contribution in [1.82, 2.24) is 10.3 Å². The summed E-state index contributed by atoms with van der Waals surface area (Å²) in [4.78, 5) is 15.6. The number of hydrogen-bond donors (Lipinski definition) is 2. The summed E-state index contributed by atoms with van der Waals surface area (Å²) in [5.41, 5.74) is 1.12. The Morgan fingerprint density at radius 2 is 2.19 bits per heavy atom. The second kappa shape index (κ2) is 7.00. The molecule has 21 heavy (non-hydrogen) atoms. The van der Waals surface area contributed by atoms with Crippen LogP contribution in [0.25, 0.3) is 0 Å². The van der Waals surface area contributed by atoms with Crippen LogP contribution in [0.1, 0.15) is 48.7 Å². The fourth-order valence-corrected chi connectivity index (χ4v) is 2.75. The molecule has 5 heteroatoms. The number of aromatic nitrogens is 1. The lowest BCUT2D eigenvalue weighted by Gasteiger charge is -2.39. The van der Waals surface area contributed by atoms with E-state index in [2.05, 4.69) is 22.0 Å². The van der Waals surface area contributed by atoms with Gasteiger partial charge in [0.25, 0.3) is 0 Å². The van der Waals surface area contributed by atoms with Crippen molar-refractivity contribution in [3.05, 3.63) is 29.6 Å². The number of carbonyl (C=O) groups excluding carboxylic acids is 1. The van der Waals surface area contributed by atoms with E-state index in [1.54, 1.807) is 6.07 Å². The van der Waals surface area contributed by atoms with Gasteiger partial charge in [0.2, 0.25) is 0 Å². The van der Waals surface area contributed by atoms with Gasteiger partial charge < -0.3 is 15.2 Å². The minimum Gasteiger partial charge on any atom is -0.465 e. The van der Waals surface area contributed by atoms with E-state index in [1.165, 1.54) is 13.3 Å². The zero-order valence-corrected chi connectivity index (χ0v) is 12.8. The summed E-state index contributed by atoms with van der Waals surface area (Å²) < 4.78 is 4.65. The summed E-state index contributed by atoms with van der Waals surface area (Å²) >= 11 is 0. The highest BCUT2D eigenvalue weighted by Gasteiger charge is 2.33. The molecule has 1 heterocycles. The number of pyridine rings is 1. The average molecular weight is 292 g/mol. The highest BCUT2D eigenvalue weighted by Crippen LogP contribution is 2.31. The number of nitrogens with zero attached hydrogens (tertiary/aromatic N) is 1. The van der Waals surface area contributed by atoms with E-state index >= 15 is 0 Å². The average Bonchev–Trinajstić information content (AvgIpc) is 2.54. The van der Waals surface area contributed by atoms with Crippen molar-refractivity contribution in [1.29, 1.82) is 0 Å². The normalized spacial score (nSPS) is 25.6. The number of ether oxygens (including phenoxy) is 1. The van der Waals surface area contributed by atoms with Crippen LogP contribution >= 0.6 is 0 Å². The molecule has 0 bridgehead atoms. The zero-order valence-electron chi connectivity index (χ0n) is 12.8. The van der Waals surface area contributed by atoms with E-state index in [0.29, 0.717) is 12.1 Å². The minimum absolute atomic E-state index is 0.153. The molecule has 2 rings (SSSR count). The molecule has 1 aromatic rings. The maximum atomic E-state index is 11.3. The number of hydrogen-bond acceptors (Lipinski definition) is 5. The van der Waals surface area contributed by atoms with Crippen molar-refractivity contribution >= 4 is 5.97 Å². The van der Waals surface area contributed by atoms with Gasteiger partial charge in [0, 0.05) is 18.3 Å². The molecule has 1 saturated carbocycles. The third kappa shape index (κ3) is 4.02. The molecular formula is C16H24N2O3. The van der Waals surface area contributed by atoms with Crippen LogP contribution in [0.4, 0.5) is 0 Å². The fraction of sp³-hybridized carbons (Fsp3) is 0.625. The third-order valence-corrected chi connectivity index (χ3v) is 4.42. The van der Waals surface area contributed by atoms with E-state index in [1.807, 2.05) is 6.07 Å². The molecule has 0 aromatic carbocycles. The Labute approximate surface area is 125 Å². The van der Waals surface area contributed by atoms with E-state index < -0.39 is 0 Å². The summed E-state index contributed by atoms with van der Waals surface area (Å²) in [7, 11) is 1.35. The summed E-state index contributed by atoms with van der Waals surface area (Å²) in [6.45, 7) is 3.00. The lowest BCUT2D eigenvalue weighted by Crippen LogP contribution is -2.50. The summed E-state index contributed by atoms with van der Waals surface area (Å²) in [5, 5.41) is 13.2. The highest BCUT2D eigenvalue weighted by molar-refractivity contribution is 5.88.